The van der Waals surface area contributed by atoms with Crippen LogP contribution in [0.3, 0.4) is 0 Å². The number of nitrogens with zero attached hydrogens (tertiary/aromatic N) is 1. The van der Waals surface area contributed by atoms with E-state index >= 15 is 0 Å². The van der Waals surface area contributed by atoms with E-state index in [1.807, 2.05) is 0 Å². The van der Waals surface area contributed by atoms with Gasteiger partial charge in [0.2, 0.25) is 0 Å². The summed E-state index contributed by atoms with van der Waals surface area (Å²) in [5.74, 6) is 8.22. The van der Waals surface area contributed by atoms with E-state index in [1.54, 1.807) is 0 Å². The first-order chi connectivity index (χ1) is 46.6. The highest BCUT2D eigenvalue weighted by Gasteiger charge is 2.63. The third-order valence-electron chi connectivity index (χ3n) is 30.2. The van der Waals surface area contributed by atoms with E-state index in [2.05, 4.69) is 254 Å². The second-order valence-electron chi connectivity index (χ2n) is 49.5. The molecule has 9 fully saturated rings. The molecule has 24 unspecified atom stereocenters. The van der Waals surface area contributed by atoms with Crippen molar-refractivity contribution in [3.05, 3.63) is 0 Å². The fourth-order valence-corrected chi connectivity index (χ4v) is 26.7. The summed E-state index contributed by atoms with van der Waals surface area (Å²) in [6.45, 7) is 92.8. The zero-order valence-electron chi connectivity index (χ0n) is 74.0. The van der Waals surface area contributed by atoms with Crippen LogP contribution in [0.25, 0.3) is 0 Å². The van der Waals surface area contributed by atoms with E-state index in [0.717, 1.165) is 38.5 Å². The van der Waals surface area contributed by atoms with Crippen molar-refractivity contribution < 1.29 is 40.7 Å². The first kappa shape index (κ1) is 87.8. The molecule has 103 heavy (non-hydrogen) atoms. The molecule has 0 spiro atoms. The van der Waals surface area contributed by atoms with Gasteiger partial charge in [-0.3, -0.25) is 4.90 Å². The molecule has 602 valence electrons. The molecule has 0 radical (unpaired) electrons. The Balaban J connectivity index is 1.05. The summed E-state index contributed by atoms with van der Waals surface area (Å²) in [6.07, 6.45) is 14.4. The van der Waals surface area contributed by atoms with Gasteiger partial charge in [-0.25, -0.2) is 0 Å². The van der Waals surface area contributed by atoms with Gasteiger partial charge in [0.15, 0.2) is 0 Å². The summed E-state index contributed by atoms with van der Waals surface area (Å²) in [5, 5.41) is 0. The Hall–Kier alpha value is 0.890. The van der Waals surface area contributed by atoms with Crippen molar-refractivity contribution in [3.8, 4) is 0 Å². The number of hydrogen-bond donors (Lipinski definition) is 0. The van der Waals surface area contributed by atoms with Crippen molar-refractivity contribution in [1.29, 1.82) is 0 Å². The van der Waals surface area contributed by atoms with Crippen molar-refractivity contribution in [2.45, 2.75) is 363 Å². The third kappa shape index (κ3) is 21.1. The van der Waals surface area contributed by atoms with Crippen molar-refractivity contribution in [3.63, 3.8) is 0 Å². The Labute approximate surface area is 641 Å². The first-order valence-electron chi connectivity index (χ1n) is 42.6. The molecule has 0 N–H and O–H groups in total. The van der Waals surface area contributed by atoms with Gasteiger partial charge in [0, 0.05) is 19.6 Å². The van der Waals surface area contributed by atoms with Crippen LogP contribution >= 0.6 is 25.8 Å². The quantitative estimate of drug-likeness (QED) is 0.176. The van der Waals surface area contributed by atoms with Crippen molar-refractivity contribution in [1.82, 2.24) is 4.90 Å². The van der Waals surface area contributed by atoms with Crippen LogP contribution in [0, 0.1) is 172 Å². The first-order valence-corrected chi connectivity index (χ1v) is 45.9. The molecule has 9 rings (SSSR count). The van der Waals surface area contributed by atoms with Crippen LogP contribution in [0.5, 0.6) is 0 Å². The van der Waals surface area contributed by atoms with Crippen LogP contribution in [0.2, 0.25) is 0 Å². The van der Waals surface area contributed by atoms with Gasteiger partial charge in [0.25, 0.3) is 0 Å². The topological polar surface area (TPSA) is 86.3 Å². The maximum absolute atomic E-state index is 7.71. The second-order valence-corrected chi connectivity index (χ2v) is 52.8. The fraction of sp³-hybridized carbons (Fsp3) is 1.00. The Morgan fingerprint density at radius 3 is 0.466 bits per heavy atom. The van der Waals surface area contributed by atoms with Crippen LogP contribution in [0.4, 0.5) is 0 Å². The van der Waals surface area contributed by atoms with Crippen molar-refractivity contribution in [2.75, 3.05) is 39.5 Å². The molecule has 10 nitrogen and oxygen atoms in total. The van der Waals surface area contributed by atoms with Crippen LogP contribution < -0.4 is 0 Å². The van der Waals surface area contributed by atoms with Gasteiger partial charge in [-0.1, -0.05) is 249 Å². The average Bonchev–Trinajstić information content (AvgIpc) is 1.72. The van der Waals surface area contributed by atoms with Crippen LogP contribution in [-0.2, 0) is 40.7 Å². The number of fused-ring (bicyclic) bond motifs is 9. The molecule has 0 amide bonds. The van der Waals surface area contributed by atoms with Crippen molar-refractivity contribution in [2.24, 2.45) is 172 Å². The standard InChI is InChI=1S/C90H168NO9P3/c1-79(2,3)55-43-61-62-44-56(80(4,5)6)50-68(86(22,23)24)74(62)96-101(95-73(61)67(49-55)85(19,20)21)92-40-37-91(38-41-93-102-97-75-63(45-57(81(7,8)9)51-69(75)87(25,26)27)64-46-58(82(10,11)12)52-70(76(64)98-102)88(28,29)30)39-42-94-103-99-77-65(47-59(83(13,14)15)53-71(77)89(31,32)33)66-48-60(84(16,17)18)54-72(78(66)100-103)90(34,35)36/h55-78H,37-54H2,1-36H3. The lowest BCUT2D eigenvalue weighted by Gasteiger charge is -2.55. The zero-order valence-corrected chi connectivity index (χ0v) is 76.7. The van der Waals surface area contributed by atoms with Gasteiger partial charge in [-0.05, 0) is 249 Å². The lowest BCUT2D eigenvalue weighted by atomic mass is 9.52. The molecular weight excluding hydrogens is 1330 g/mol. The van der Waals surface area contributed by atoms with Crippen molar-refractivity contribution >= 4 is 25.8 Å². The predicted octanol–water partition coefficient (Wildman–Crippen LogP) is 26.8. The smallest absolute Gasteiger partial charge is 0.311 e. The summed E-state index contributed by atoms with van der Waals surface area (Å²) in [5.41, 5.74) is 1.45. The molecule has 6 aliphatic carbocycles. The summed E-state index contributed by atoms with van der Waals surface area (Å²) in [7, 11) is -5.08. The molecule has 3 heterocycles. The maximum Gasteiger partial charge on any atom is 0.333 e. The summed E-state index contributed by atoms with van der Waals surface area (Å²) in [6, 6.07) is 0. The highest BCUT2D eigenvalue weighted by Crippen LogP contribution is 2.69. The Bertz CT molecular complexity index is 2250. The lowest BCUT2D eigenvalue weighted by molar-refractivity contribution is -0.104. The van der Waals surface area contributed by atoms with Gasteiger partial charge in [0.05, 0.1) is 56.4 Å². The fourth-order valence-electron chi connectivity index (χ4n) is 22.5. The minimum Gasteiger partial charge on any atom is -0.311 e. The average molecular weight is 1500 g/mol. The Morgan fingerprint density at radius 1 is 0.214 bits per heavy atom. The van der Waals surface area contributed by atoms with Gasteiger partial charge >= 0.3 is 25.8 Å². The Morgan fingerprint density at radius 2 is 0.350 bits per heavy atom. The van der Waals surface area contributed by atoms with Gasteiger partial charge in [-0.2, -0.15) is 0 Å². The molecule has 9 aliphatic rings. The molecule has 0 aromatic heterocycles. The molecule has 0 bridgehead atoms. The van der Waals surface area contributed by atoms with Crippen LogP contribution in [0.15, 0.2) is 0 Å². The van der Waals surface area contributed by atoms with E-state index in [-0.39, 0.29) is 102 Å². The predicted molar refractivity (Wildman–Crippen MR) is 436 cm³/mol. The highest BCUT2D eigenvalue weighted by molar-refractivity contribution is 7.42. The van der Waals surface area contributed by atoms with Crippen LogP contribution in [-0.4, -0.2) is 81.0 Å². The second kappa shape index (κ2) is 31.6. The van der Waals surface area contributed by atoms with Gasteiger partial charge < -0.3 is 40.7 Å². The molecule has 24 atom stereocenters. The van der Waals surface area contributed by atoms with Crippen LogP contribution in [0.1, 0.15) is 326 Å². The minimum atomic E-state index is -1.69. The summed E-state index contributed by atoms with van der Waals surface area (Å²) in [4.78, 5) is 2.53. The van der Waals surface area contributed by atoms with E-state index < -0.39 is 25.8 Å². The molecular formula is C90H168NO9P3. The normalized spacial score (nSPS) is 40.5. The lowest BCUT2D eigenvalue weighted by Crippen LogP contribution is -2.54. The molecule has 13 heteroatoms. The molecule has 0 aromatic rings. The molecule has 3 aliphatic heterocycles. The van der Waals surface area contributed by atoms with E-state index in [1.165, 1.54) is 38.5 Å². The Kier molecular flexibility index (Phi) is 26.9. The SMILES string of the molecule is CC(C)(C)C1CC2C3CC(C(C)(C)C)CC(C(C)(C)C)C3OP(OCCN(CCOP3OC4C(CC(C(C)(C)C)CC4C(C)(C)C)C4CC(C(C)(C)C)CC(C(C)(C)C)C4O3)CCOP3OC4C(CC(C(C)(C)C)CC4C(C)(C)C)C4CC(C(C)(C)C)CC(C(C)(C)C)C4O3)OC2C(C(C)(C)C)C1. The van der Waals surface area contributed by atoms with Gasteiger partial charge in [0.1, 0.15) is 0 Å². The van der Waals surface area contributed by atoms with E-state index in [4.69, 9.17) is 40.7 Å². The van der Waals surface area contributed by atoms with Gasteiger partial charge in [-0.15, -0.1) is 0 Å². The number of rotatable bonds is 12. The summed E-state index contributed by atoms with van der Waals surface area (Å²) < 4.78 is 68.4. The summed E-state index contributed by atoms with van der Waals surface area (Å²) >= 11 is 0. The maximum atomic E-state index is 7.71. The molecule has 3 saturated heterocycles. The number of hydrogen-bond acceptors (Lipinski definition) is 10. The molecule has 0 aromatic carbocycles. The molecule has 6 saturated carbocycles. The zero-order chi connectivity index (χ0) is 77.3. The highest BCUT2D eigenvalue weighted by atomic mass is 31.2. The largest absolute Gasteiger partial charge is 0.333 e. The monoisotopic (exact) mass is 1500 g/mol. The minimum absolute atomic E-state index is 0.0479. The van der Waals surface area contributed by atoms with E-state index in [0.29, 0.717) is 146 Å². The third-order valence-corrected chi connectivity index (χ3v) is 33.9. The van der Waals surface area contributed by atoms with E-state index in [9.17, 15) is 0 Å².